The molecule has 3 aromatic heterocycles. The Morgan fingerprint density at radius 1 is 1.00 bits per heavy atom. The molecule has 0 aliphatic carbocycles. The lowest BCUT2D eigenvalue weighted by atomic mass is 10.0. The number of aromatic amines is 2. The minimum Gasteiger partial charge on any atom is -0.398 e. The zero-order valence-electron chi connectivity index (χ0n) is 11.0. The summed E-state index contributed by atoms with van der Waals surface area (Å²) >= 11 is 0. The van der Waals surface area contributed by atoms with Crippen molar-refractivity contribution in [3.05, 3.63) is 48.9 Å². The number of aromatic nitrogens is 5. The Morgan fingerprint density at radius 2 is 1.95 bits per heavy atom. The van der Waals surface area contributed by atoms with Crippen LogP contribution in [0.5, 0.6) is 0 Å². The summed E-state index contributed by atoms with van der Waals surface area (Å²) in [6.45, 7) is 0. The largest absolute Gasteiger partial charge is 0.398 e. The van der Waals surface area contributed by atoms with Gasteiger partial charge in [-0.15, -0.1) is 0 Å². The van der Waals surface area contributed by atoms with E-state index in [2.05, 4.69) is 25.4 Å². The number of fused-ring (bicyclic) bond motifs is 1. The van der Waals surface area contributed by atoms with Crippen LogP contribution in [0.4, 0.5) is 5.69 Å². The van der Waals surface area contributed by atoms with Crippen molar-refractivity contribution in [3.8, 4) is 22.5 Å². The average Bonchev–Trinajstić information content (AvgIpc) is 3.15. The van der Waals surface area contributed by atoms with Gasteiger partial charge in [0.25, 0.3) is 0 Å². The summed E-state index contributed by atoms with van der Waals surface area (Å²) < 4.78 is 0. The van der Waals surface area contributed by atoms with Crippen LogP contribution in [0.25, 0.3) is 33.4 Å². The summed E-state index contributed by atoms with van der Waals surface area (Å²) in [5, 5.41) is 15.5. The third-order valence-corrected chi connectivity index (χ3v) is 3.47. The number of hydrogen-bond donors (Lipinski definition) is 3. The van der Waals surface area contributed by atoms with E-state index in [0.717, 1.165) is 33.4 Å². The molecule has 0 aliphatic heterocycles. The molecule has 4 aromatic rings. The first-order valence-corrected chi connectivity index (χ1v) is 6.51. The zero-order chi connectivity index (χ0) is 14.2. The van der Waals surface area contributed by atoms with Crippen molar-refractivity contribution in [2.24, 2.45) is 0 Å². The van der Waals surface area contributed by atoms with Crippen LogP contribution in [0.15, 0.2) is 48.9 Å². The lowest BCUT2D eigenvalue weighted by Gasteiger charge is -2.02. The molecule has 0 radical (unpaired) electrons. The Morgan fingerprint density at radius 3 is 2.81 bits per heavy atom. The highest BCUT2D eigenvalue weighted by atomic mass is 15.1. The first kappa shape index (κ1) is 11.7. The molecule has 0 aliphatic rings. The molecule has 21 heavy (non-hydrogen) atoms. The van der Waals surface area contributed by atoms with E-state index in [1.807, 2.05) is 30.3 Å². The van der Waals surface area contributed by atoms with E-state index in [-0.39, 0.29) is 0 Å². The fraction of sp³-hybridized carbons (Fsp3) is 0. The molecule has 0 atom stereocenters. The van der Waals surface area contributed by atoms with Crippen molar-refractivity contribution in [1.82, 2.24) is 25.4 Å². The van der Waals surface area contributed by atoms with E-state index in [0.29, 0.717) is 5.69 Å². The fourth-order valence-electron chi connectivity index (χ4n) is 2.49. The molecule has 0 amide bonds. The summed E-state index contributed by atoms with van der Waals surface area (Å²) in [4.78, 5) is 4.14. The van der Waals surface area contributed by atoms with Gasteiger partial charge in [-0.3, -0.25) is 15.2 Å². The molecule has 0 spiro atoms. The number of nitrogen functional groups attached to an aromatic ring is 1. The van der Waals surface area contributed by atoms with Gasteiger partial charge in [0.2, 0.25) is 0 Å². The molecule has 4 rings (SSSR count). The van der Waals surface area contributed by atoms with E-state index >= 15 is 0 Å². The van der Waals surface area contributed by atoms with E-state index in [1.165, 1.54) is 0 Å². The smallest absolute Gasteiger partial charge is 0.106 e. The molecular weight excluding hydrogens is 264 g/mol. The Labute approximate surface area is 120 Å². The number of rotatable bonds is 2. The van der Waals surface area contributed by atoms with Crippen LogP contribution in [0.1, 0.15) is 0 Å². The highest BCUT2D eigenvalue weighted by Gasteiger charge is 2.16. The number of nitrogens with one attached hydrogen (secondary N) is 2. The molecule has 0 saturated carbocycles. The molecule has 3 heterocycles. The van der Waals surface area contributed by atoms with Crippen LogP contribution in [0.2, 0.25) is 0 Å². The van der Waals surface area contributed by atoms with E-state index in [9.17, 15) is 0 Å². The molecule has 0 saturated heterocycles. The lowest BCUT2D eigenvalue weighted by Crippen LogP contribution is -1.88. The maximum Gasteiger partial charge on any atom is 0.106 e. The summed E-state index contributed by atoms with van der Waals surface area (Å²) in [5.74, 6) is 0. The number of pyridine rings is 1. The molecular formula is C15H12N6. The molecule has 0 unspecified atom stereocenters. The van der Waals surface area contributed by atoms with Gasteiger partial charge in [0.15, 0.2) is 0 Å². The second kappa shape index (κ2) is 4.45. The SMILES string of the molecule is Nc1cccc2[nH]nc(-c3cn[nH]c3-c3cccnc3)c12. The third kappa shape index (κ3) is 1.77. The normalized spacial score (nSPS) is 11.0. The van der Waals surface area contributed by atoms with Gasteiger partial charge in [0.05, 0.1) is 22.8 Å². The standard InChI is InChI=1S/C15H12N6/c16-11-4-1-5-12-13(11)15(21-19-12)10-8-18-20-14(10)9-3-2-6-17-7-9/h1-8H,16H2,(H,18,20)(H,19,21). The van der Waals surface area contributed by atoms with Crippen LogP contribution < -0.4 is 5.73 Å². The summed E-state index contributed by atoms with van der Waals surface area (Å²) in [6, 6.07) is 9.58. The first-order valence-electron chi connectivity index (χ1n) is 6.51. The van der Waals surface area contributed by atoms with E-state index in [1.54, 1.807) is 18.6 Å². The Balaban J connectivity index is 1.97. The van der Waals surface area contributed by atoms with Gasteiger partial charge in [0.1, 0.15) is 5.69 Å². The van der Waals surface area contributed by atoms with Crippen molar-refractivity contribution >= 4 is 16.6 Å². The van der Waals surface area contributed by atoms with E-state index in [4.69, 9.17) is 5.73 Å². The maximum atomic E-state index is 6.09. The summed E-state index contributed by atoms with van der Waals surface area (Å²) in [7, 11) is 0. The number of nitrogens with zero attached hydrogens (tertiary/aromatic N) is 3. The zero-order valence-corrected chi connectivity index (χ0v) is 11.0. The average molecular weight is 276 g/mol. The lowest BCUT2D eigenvalue weighted by molar-refractivity contribution is 1.09. The van der Waals surface area contributed by atoms with Gasteiger partial charge >= 0.3 is 0 Å². The van der Waals surface area contributed by atoms with Gasteiger partial charge in [-0.25, -0.2) is 0 Å². The number of nitrogens with two attached hydrogens (primary N) is 1. The van der Waals surface area contributed by atoms with Gasteiger partial charge in [-0.2, -0.15) is 10.2 Å². The van der Waals surface area contributed by atoms with Crippen molar-refractivity contribution in [1.29, 1.82) is 0 Å². The third-order valence-electron chi connectivity index (χ3n) is 3.47. The van der Waals surface area contributed by atoms with Crippen LogP contribution >= 0.6 is 0 Å². The van der Waals surface area contributed by atoms with Gasteiger partial charge in [0, 0.05) is 29.2 Å². The van der Waals surface area contributed by atoms with Crippen molar-refractivity contribution in [3.63, 3.8) is 0 Å². The predicted octanol–water partition coefficient (Wildman–Crippen LogP) is 2.60. The van der Waals surface area contributed by atoms with Gasteiger partial charge in [-0.05, 0) is 24.3 Å². The quantitative estimate of drug-likeness (QED) is 0.490. The van der Waals surface area contributed by atoms with Crippen molar-refractivity contribution < 1.29 is 0 Å². The van der Waals surface area contributed by atoms with Crippen molar-refractivity contribution in [2.45, 2.75) is 0 Å². The molecule has 1 aromatic carbocycles. The second-order valence-electron chi connectivity index (χ2n) is 4.74. The Kier molecular flexibility index (Phi) is 2.47. The molecule has 0 bridgehead atoms. The van der Waals surface area contributed by atoms with Crippen molar-refractivity contribution in [2.75, 3.05) is 5.73 Å². The van der Waals surface area contributed by atoms with Gasteiger partial charge < -0.3 is 5.73 Å². The highest BCUT2D eigenvalue weighted by Crippen LogP contribution is 2.35. The minimum absolute atomic E-state index is 0.689. The summed E-state index contributed by atoms with van der Waals surface area (Å²) in [6.07, 6.45) is 5.28. The monoisotopic (exact) mass is 276 g/mol. The molecule has 102 valence electrons. The second-order valence-corrected chi connectivity index (χ2v) is 4.74. The number of anilines is 1. The van der Waals surface area contributed by atoms with Crippen LogP contribution in [0.3, 0.4) is 0 Å². The molecule has 6 nitrogen and oxygen atoms in total. The maximum absolute atomic E-state index is 6.09. The van der Waals surface area contributed by atoms with Crippen LogP contribution in [0, 0.1) is 0 Å². The van der Waals surface area contributed by atoms with Crippen LogP contribution in [-0.2, 0) is 0 Å². The highest BCUT2D eigenvalue weighted by molar-refractivity contribution is 6.03. The minimum atomic E-state index is 0.689. The number of hydrogen-bond acceptors (Lipinski definition) is 4. The Bertz CT molecular complexity index is 906. The fourth-order valence-corrected chi connectivity index (χ4v) is 2.49. The predicted molar refractivity (Wildman–Crippen MR) is 81.3 cm³/mol. The first-order chi connectivity index (χ1) is 10.3. The Hall–Kier alpha value is -3.15. The van der Waals surface area contributed by atoms with Crippen LogP contribution in [-0.4, -0.2) is 25.4 Å². The molecule has 6 heteroatoms. The van der Waals surface area contributed by atoms with Gasteiger partial charge in [-0.1, -0.05) is 6.07 Å². The van der Waals surface area contributed by atoms with E-state index < -0.39 is 0 Å². The molecule has 4 N–H and O–H groups in total. The number of H-pyrrole nitrogens is 2. The molecule has 0 fully saturated rings. The number of benzene rings is 1. The summed E-state index contributed by atoms with van der Waals surface area (Å²) in [5.41, 5.74) is 11.2. The topological polar surface area (TPSA) is 96.3 Å².